The number of halogens is 1. The molecule has 1 aliphatic rings. The summed E-state index contributed by atoms with van der Waals surface area (Å²) in [7, 11) is 0. The SMILES string of the molecule is CC(=O)NCCc1ccc(-c2cc(C(=O)N3CCOCC3)c3ccc(Cl)cc3n2)cc1. The number of ether oxygens (including phenoxy) is 1. The highest BCUT2D eigenvalue weighted by atomic mass is 35.5. The summed E-state index contributed by atoms with van der Waals surface area (Å²) in [4.78, 5) is 30.9. The van der Waals surface area contributed by atoms with Crippen molar-refractivity contribution in [3.05, 3.63) is 64.7 Å². The number of nitrogens with one attached hydrogen (secondary N) is 1. The molecule has 160 valence electrons. The molecule has 1 N–H and O–H groups in total. The summed E-state index contributed by atoms with van der Waals surface area (Å²) in [5.41, 5.74) is 4.07. The topological polar surface area (TPSA) is 71.5 Å². The van der Waals surface area contributed by atoms with Gasteiger partial charge < -0.3 is 15.0 Å². The highest BCUT2D eigenvalue weighted by Gasteiger charge is 2.22. The van der Waals surface area contributed by atoms with E-state index in [0.29, 0.717) is 49.0 Å². The number of hydrogen-bond donors (Lipinski definition) is 1. The Morgan fingerprint density at radius 3 is 2.55 bits per heavy atom. The number of carbonyl (C=O) groups excluding carboxylic acids is 2. The lowest BCUT2D eigenvalue weighted by atomic mass is 10.0. The Morgan fingerprint density at radius 2 is 1.84 bits per heavy atom. The molecule has 1 aliphatic heterocycles. The zero-order valence-corrected chi connectivity index (χ0v) is 18.1. The van der Waals surface area contributed by atoms with Crippen LogP contribution in [0, 0.1) is 0 Å². The van der Waals surface area contributed by atoms with Crippen LogP contribution in [0.25, 0.3) is 22.2 Å². The molecule has 2 heterocycles. The second kappa shape index (κ2) is 9.45. The molecule has 0 radical (unpaired) electrons. The number of benzene rings is 2. The van der Waals surface area contributed by atoms with E-state index >= 15 is 0 Å². The monoisotopic (exact) mass is 437 g/mol. The third kappa shape index (κ3) is 5.03. The number of nitrogens with zero attached hydrogens (tertiary/aromatic N) is 2. The maximum absolute atomic E-state index is 13.3. The Labute approximate surface area is 186 Å². The third-order valence-corrected chi connectivity index (χ3v) is 5.57. The normalized spacial score (nSPS) is 13.9. The second-order valence-corrected chi connectivity index (χ2v) is 7.99. The number of amides is 2. The lowest BCUT2D eigenvalue weighted by Gasteiger charge is -2.27. The fourth-order valence-electron chi connectivity index (χ4n) is 3.69. The summed E-state index contributed by atoms with van der Waals surface area (Å²) in [6.45, 7) is 4.36. The molecule has 31 heavy (non-hydrogen) atoms. The van der Waals surface area contributed by atoms with Crippen LogP contribution in [0.3, 0.4) is 0 Å². The van der Waals surface area contributed by atoms with Gasteiger partial charge >= 0.3 is 0 Å². The lowest BCUT2D eigenvalue weighted by molar-refractivity contribution is -0.118. The van der Waals surface area contributed by atoms with Crippen LogP contribution < -0.4 is 5.32 Å². The Bertz CT molecular complexity index is 1110. The first-order chi connectivity index (χ1) is 15.0. The second-order valence-electron chi connectivity index (χ2n) is 7.55. The van der Waals surface area contributed by atoms with Gasteiger partial charge in [-0.05, 0) is 30.2 Å². The Hall–Kier alpha value is -2.96. The maximum Gasteiger partial charge on any atom is 0.254 e. The number of pyridine rings is 1. The average molecular weight is 438 g/mol. The van der Waals surface area contributed by atoms with E-state index in [2.05, 4.69) is 5.32 Å². The summed E-state index contributed by atoms with van der Waals surface area (Å²) in [5.74, 6) is -0.0562. The largest absolute Gasteiger partial charge is 0.378 e. The van der Waals surface area contributed by atoms with Gasteiger partial charge in [-0.3, -0.25) is 9.59 Å². The highest BCUT2D eigenvalue weighted by Crippen LogP contribution is 2.28. The molecule has 6 nitrogen and oxygen atoms in total. The summed E-state index contributed by atoms with van der Waals surface area (Å²) >= 11 is 6.21. The molecular weight excluding hydrogens is 414 g/mol. The third-order valence-electron chi connectivity index (χ3n) is 5.34. The number of fused-ring (bicyclic) bond motifs is 1. The fourth-order valence-corrected chi connectivity index (χ4v) is 3.85. The molecule has 0 unspecified atom stereocenters. The van der Waals surface area contributed by atoms with Gasteiger partial charge in [-0.2, -0.15) is 0 Å². The molecule has 0 saturated carbocycles. The van der Waals surface area contributed by atoms with Crippen molar-refractivity contribution in [1.29, 1.82) is 0 Å². The Morgan fingerprint density at radius 1 is 1.10 bits per heavy atom. The van der Waals surface area contributed by atoms with Crippen LogP contribution in [0.2, 0.25) is 5.02 Å². The predicted octanol–water partition coefficient (Wildman–Crippen LogP) is 3.71. The standard InChI is InChI=1S/C24H24ClN3O3/c1-16(29)26-9-8-17-2-4-18(5-3-17)22-15-21(24(30)28-10-12-31-13-11-28)20-7-6-19(25)14-23(20)27-22/h2-7,14-15H,8-13H2,1H3,(H,26,29). The summed E-state index contributed by atoms with van der Waals surface area (Å²) in [6, 6.07) is 15.3. The number of hydrogen-bond acceptors (Lipinski definition) is 4. The summed E-state index contributed by atoms with van der Waals surface area (Å²) in [6.07, 6.45) is 0.751. The van der Waals surface area contributed by atoms with Gasteiger partial charge in [-0.1, -0.05) is 41.9 Å². The van der Waals surface area contributed by atoms with E-state index in [1.807, 2.05) is 41.3 Å². The molecule has 2 amide bonds. The first-order valence-electron chi connectivity index (χ1n) is 10.3. The quantitative estimate of drug-likeness (QED) is 0.660. The van der Waals surface area contributed by atoms with Crippen LogP contribution in [-0.4, -0.2) is 54.5 Å². The van der Waals surface area contributed by atoms with Crippen molar-refractivity contribution >= 4 is 34.3 Å². The van der Waals surface area contributed by atoms with Gasteiger partial charge in [0.25, 0.3) is 5.91 Å². The molecule has 1 fully saturated rings. The van der Waals surface area contributed by atoms with E-state index in [0.717, 1.165) is 28.6 Å². The zero-order chi connectivity index (χ0) is 21.8. The van der Waals surface area contributed by atoms with Crippen molar-refractivity contribution in [2.24, 2.45) is 0 Å². The molecule has 2 aromatic carbocycles. The fraction of sp³-hybridized carbons (Fsp3) is 0.292. The van der Waals surface area contributed by atoms with Gasteiger partial charge in [-0.25, -0.2) is 4.98 Å². The minimum Gasteiger partial charge on any atom is -0.378 e. The van der Waals surface area contributed by atoms with Gasteiger partial charge in [0, 0.05) is 42.5 Å². The molecule has 4 rings (SSSR count). The smallest absolute Gasteiger partial charge is 0.254 e. The minimum atomic E-state index is -0.0342. The van der Waals surface area contributed by atoms with Crippen molar-refractivity contribution in [2.45, 2.75) is 13.3 Å². The van der Waals surface area contributed by atoms with E-state index in [1.165, 1.54) is 6.92 Å². The molecular formula is C24H24ClN3O3. The Kier molecular flexibility index (Phi) is 6.49. The van der Waals surface area contributed by atoms with Crippen molar-refractivity contribution in [1.82, 2.24) is 15.2 Å². The van der Waals surface area contributed by atoms with E-state index in [9.17, 15) is 9.59 Å². The van der Waals surface area contributed by atoms with Crippen molar-refractivity contribution in [3.63, 3.8) is 0 Å². The van der Waals surface area contributed by atoms with E-state index in [1.54, 1.807) is 12.1 Å². The van der Waals surface area contributed by atoms with Crippen molar-refractivity contribution in [3.8, 4) is 11.3 Å². The van der Waals surface area contributed by atoms with Gasteiger partial charge in [0.1, 0.15) is 0 Å². The van der Waals surface area contributed by atoms with Crippen LogP contribution in [0.1, 0.15) is 22.8 Å². The van der Waals surface area contributed by atoms with Gasteiger partial charge in [0.05, 0.1) is 30.0 Å². The number of aromatic nitrogens is 1. The van der Waals surface area contributed by atoms with Crippen molar-refractivity contribution in [2.75, 3.05) is 32.8 Å². The Balaban J connectivity index is 1.67. The number of rotatable bonds is 5. The zero-order valence-electron chi connectivity index (χ0n) is 17.4. The lowest BCUT2D eigenvalue weighted by Crippen LogP contribution is -2.40. The van der Waals surface area contributed by atoms with Crippen LogP contribution in [0.5, 0.6) is 0 Å². The first kappa shape index (κ1) is 21.3. The number of carbonyl (C=O) groups is 2. The minimum absolute atomic E-state index is 0.0220. The van der Waals surface area contributed by atoms with E-state index < -0.39 is 0 Å². The van der Waals surface area contributed by atoms with Crippen LogP contribution in [0.15, 0.2) is 48.5 Å². The molecule has 7 heteroatoms. The van der Waals surface area contributed by atoms with Gasteiger partial charge in [-0.15, -0.1) is 0 Å². The first-order valence-corrected chi connectivity index (χ1v) is 10.7. The molecule has 0 aliphatic carbocycles. The highest BCUT2D eigenvalue weighted by molar-refractivity contribution is 6.31. The van der Waals surface area contributed by atoms with Crippen molar-refractivity contribution < 1.29 is 14.3 Å². The maximum atomic E-state index is 13.3. The average Bonchev–Trinajstić information content (AvgIpc) is 2.78. The van der Waals surface area contributed by atoms with Crippen LogP contribution >= 0.6 is 11.6 Å². The van der Waals surface area contributed by atoms with E-state index in [-0.39, 0.29) is 11.8 Å². The summed E-state index contributed by atoms with van der Waals surface area (Å²) < 4.78 is 5.39. The molecule has 1 aromatic heterocycles. The molecule has 0 atom stereocenters. The van der Waals surface area contributed by atoms with E-state index in [4.69, 9.17) is 21.3 Å². The van der Waals surface area contributed by atoms with Crippen LogP contribution in [0.4, 0.5) is 0 Å². The number of morpholine rings is 1. The molecule has 0 bridgehead atoms. The molecule has 1 saturated heterocycles. The molecule has 0 spiro atoms. The predicted molar refractivity (Wildman–Crippen MR) is 121 cm³/mol. The molecule has 3 aromatic rings. The van der Waals surface area contributed by atoms with Crippen LogP contribution in [-0.2, 0) is 16.0 Å². The summed E-state index contributed by atoms with van der Waals surface area (Å²) in [5, 5.41) is 4.17. The van der Waals surface area contributed by atoms with Gasteiger partial charge in [0.2, 0.25) is 5.91 Å². The van der Waals surface area contributed by atoms with Gasteiger partial charge in [0.15, 0.2) is 0 Å².